The summed E-state index contributed by atoms with van der Waals surface area (Å²) in [5.74, 6) is 0. The third-order valence-corrected chi connectivity index (χ3v) is 9.17. The van der Waals surface area contributed by atoms with Crippen molar-refractivity contribution in [2.75, 3.05) is 13.2 Å². The van der Waals surface area contributed by atoms with Crippen LogP contribution in [0.3, 0.4) is 0 Å². The molecule has 0 aromatic rings. The van der Waals surface area contributed by atoms with Crippen molar-refractivity contribution in [3.63, 3.8) is 0 Å². The van der Waals surface area contributed by atoms with Crippen LogP contribution in [0.15, 0.2) is 0 Å². The molecule has 0 saturated carbocycles. The smallest absolute Gasteiger partial charge is 0.302 e. The molecule has 0 spiro atoms. The zero-order chi connectivity index (χ0) is 24.5. The van der Waals surface area contributed by atoms with Crippen LogP contribution in [0.4, 0.5) is 0 Å². The number of phosphoric acid groups is 3. The SMILES string of the molecule is CCCCCCCCOP(=O)(OCCCCCCCC)OP(=O)(OC(C)C)OP(=O)(O)O.[Ti]. The minimum Gasteiger partial charge on any atom is -0.302 e. The van der Waals surface area contributed by atoms with Crippen LogP contribution in [0.1, 0.15) is 105 Å². The van der Waals surface area contributed by atoms with Gasteiger partial charge in [0, 0.05) is 21.7 Å². The molecule has 0 aliphatic heterocycles. The van der Waals surface area contributed by atoms with Crippen molar-refractivity contribution >= 4 is 23.5 Å². The predicted molar refractivity (Wildman–Crippen MR) is 124 cm³/mol. The van der Waals surface area contributed by atoms with E-state index in [1.807, 2.05) is 0 Å². The number of rotatable bonds is 22. The van der Waals surface area contributed by atoms with Crippen molar-refractivity contribution < 1.29 is 67.4 Å². The van der Waals surface area contributed by atoms with Gasteiger partial charge in [-0.2, -0.15) is 8.62 Å². The van der Waals surface area contributed by atoms with E-state index in [1.165, 1.54) is 13.8 Å². The van der Waals surface area contributed by atoms with Crippen LogP contribution in [0.5, 0.6) is 0 Å². The summed E-state index contributed by atoms with van der Waals surface area (Å²) in [5, 5.41) is 0. The van der Waals surface area contributed by atoms with E-state index in [0.29, 0.717) is 12.8 Å². The Morgan fingerprint density at radius 2 is 1.03 bits per heavy atom. The maximum Gasteiger partial charge on any atom is 0.492 e. The number of phosphoric ester groups is 1. The Hall–Kier alpha value is 1.12. The van der Waals surface area contributed by atoms with Crippen molar-refractivity contribution in [2.45, 2.75) is 111 Å². The molecular formula is C19H43O10P3Ti. The average Bonchev–Trinajstić information content (AvgIpc) is 2.64. The van der Waals surface area contributed by atoms with Gasteiger partial charge in [0.25, 0.3) is 0 Å². The van der Waals surface area contributed by atoms with Gasteiger partial charge in [-0.3, -0.25) is 13.6 Å². The van der Waals surface area contributed by atoms with Crippen molar-refractivity contribution in [1.82, 2.24) is 0 Å². The van der Waals surface area contributed by atoms with E-state index in [2.05, 4.69) is 18.2 Å². The second-order valence-corrected chi connectivity index (χ2v) is 12.7. The first-order valence-corrected chi connectivity index (χ1v) is 16.1. The van der Waals surface area contributed by atoms with E-state index in [1.54, 1.807) is 0 Å². The van der Waals surface area contributed by atoms with Crippen LogP contribution in [-0.4, -0.2) is 29.1 Å². The van der Waals surface area contributed by atoms with Gasteiger partial charge in [-0.1, -0.05) is 78.1 Å². The molecule has 1 unspecified atom stereocenters. The molecule has 0 amide bonds. The molecule has 33 heavy (non-hydrogen) atoms. The molecule has 0 rings (SSSR count). The van der Waals surface area contributed by atoms with Gasteiger partial charge in [0.15, 0.2) is 0 Å². The van der Waals surface area contributed by atoms with Crippen LogP contribution in [0.2, 0.25) is 0 Å². The predicted octanol–water partition coefficient (Wildman–Crippen LogP) is 7.51. The minimum atomic E-state index is -5.27. The van der Waals surface area contributed by atoms with Crippen LogP contribution in [-0.2, 0) is 57.6 Å². The molecule has 0 heterocycles. The van der Waals surface area contributed by atoms with Crippen molar-refractivity contribution in [3.05, 3.63) is 0 Å². The fourth-order valence-corrected chi connectivity index (χ4v) is 7.16. The zero-order valence-electron chi connectivity index (χ0n) is 20.5. The molecule has 0 aliphatic carbocycles. The summed E-state index contributed by atoms with van der Waals surface area (Å²) >= 11 is 0. The van der Waals surface area contributed by atoms with Gasteiger partial charge in [-0.15, -0.1) is 0 Å². The summed E-state index contributed by atoms with van der Waals surface area (Å²) in [4.78, 5) is 18.2. The maximum absolute atomic E-state index is 13.1. The van der Waals surface area contributed by atoms with Crippen LogP contribution in [0, 0.1) is 0 Å². The fourth-order valence-electron chi connectivity index (χ4n) is 2.77. The van der Waals surface area contributed by atoms with E-state index in [-0.39, 0.29) is 34.9 Å². The number of hydrogen-bond acceptors (Lipinski definition) is 8. The van der Waals surface area contributed by atoms with Gasteiger partial charge < -0.3 is 9.79 Å². The molecule has 0 saturated heterocycles. The first-order chi connectivity index (χ1) is 15.0. The average molecular weight is 572 g/mol. The first-order valence-electron chi connectivity index (χ1n) is 11.6. The molecule has 0 aromatic heterocycles. The second kappa shape index (κ2) is 20.2. The van der Waals surface area contributed by atoms with Crippen LogP contribution in [0.25, 0.3) is 0 Å². The van der Waals surface area contributed by atoms with E-state index in [4.69, 9.17) is 27.7 Å². The van der Waals surface area contributed by atoms with Crippen LogP contribution < -0.4 is 0 Å². The van der Waals surface area contributed by atoms with Crippen LogP contribution >= 0.6 is 23.5 Å². The van der Waals surface area contributed by atoms with E-state index >= 15 is 0 Å². The molecular weight excluding hydrogens is 529 g/mol. The summed E-state index contributed by atoms with van der Waals surface area (Å²) in [5.41, 5.74) is 0. The Kier molecular flexibility index (Phi) is 22.2. The van der Waals surface area contributed by atoms with Gasteiger partial charge in [-0.05, 0) is 26.7 Å². The molecule has 0 aliphatic rings. The second-order valence-electron chi connectivity index (χ2n) is 7.90. The summed E-state index contributed by atoms with van der Waals surface area (Å²) in [6.45, 7) is 7.18. The Bertz CT molecular complexity index is 593. The quantitative estimate of drug-likeness (QED) is 0.0762. The van der Waals surface area contributed by atoms with E-state index in [9.17, 15) is 13.7 Å². The number of unbranched alkanes of at least 4 members (excludes halogenated alkanes) is 10. The van der Waals surface area contributed by atoms with E-state index < -0.39 is 29.6 Å². The monoisotopic (exact) mass is 572 g/mol. The summed E-state index contributed by atoms with van der Waals surface area (Å²) < 4.78 is 61.8. The standard InChI is InChI=1S/C19H43O10P3.Ti/c1-5-7-9-11-13-15-17-25-31(23,26-18-16-14-12-10-8-6-2)29-32(24,27-19(3)4)28-30(20,21)22;/h19H,5-18H2,1-4H3,(H2,20,21,22);. The Labute approximate surface area is 214 Å². The van der Waals surface area contributed by atoms with Crippen molar-refractivity contribution in [2.24, 2.45) is 0 Å². The van der Waals surface area contributed by atoms with Gasteiger partial charge in [-0.25, -0.2) is 13.7 Å². The van der Waals surface area contributed by atoms with Gasteiger partial charge >= 0.3 is 23.5 Å². The molecule has 198 valence electrons. The summed E-state index contributed by atoms with van der Waals surface area (Å²) in [6.07, 6.45) is 10.7. The Morgan fingerprint density at radius 3 is 1.39 bits per heavy atom. The maximum atomic E-state index is 13.1. The third kappa shape index (κ3) is 22.1. The zero-order valence-corrected chi connectivity index (χ0v) is 24.7. The summed E-state index contributed by atoms with van der Waals surface area (Å²) in [7, 11) is -14.7. The van der Waals surface area contributed by atoms with Crippen molar-refractivity contribution in [3.8, 4) is 0 Å². The normalized spacial score (nSPS) is 14.3. The Balaban J connectivity index is 0. The molecule has 0 radical (unpaired) electrons. The van der Waals surface area contributed by atoms with Gasteiger partial charge in [0.05, 0.1) is 19.3 Å². The molecule has 2 N–H and O–H groups in total. The topological polar surface area (TPSA) is 138 Å². The molecule has 0 aromatic carbocycles. The summed E-state index contributed by atoms with van der Waals surface area (Å²) in [6, 6.07) is 0. The van der Waals surface area contributed by atoms with Crippen molar-refractivity contribution in [1.29, 1.82) is 0 Å². The third-order valence-electron chi connectivity index (χ3n) is 4.24. The molecule has 0 bridgehead atoms. The van der Waals surface area contributed by atoms with E-state index in [0.717, 1.165) is 64.2 Å². The number of hydrogen-bond donors (Lipinski definition) is 2. The molecule has 1 atom stereocenters. The molecule has 14 heteroatoms. The molecule has 10 nitrogen and oxygen atoms in total. The fraction of sp³-hybridized carbons (Fsp3) is 1.00. The van der Waals surface area contributed by atoms with Gasteiger partial charge in [0.2, 0.25) is 0 Å². The first kappa shape index (κ1) is 36.3. The largest absolute Gasteiger partial charge is 0.492 e. The van der Waals surface area contributed by atoms with Gasteiger partial charge in [0.1, 0.15) is 0 Å². The minimum absolute atomic E-state index is 0. The Morgan fingerprint density at radius 1 is 0.636 bits per heavy atom. The molecule has 0 fully saturated rings.